The second-order valence-corrected chi connectivity index (χ2v) is 9.30. The zero-order valence-corrected chi connectivity index (χ0v) is 20.7. The highest BCUT2D eigenvalue weighted by molar-refractivity contribution is 6.32. The molecule has 0 spiro atoms. The molecule has 0 radical (unpaired) electrons. The van der Waals surface area contributed by atoms with Crippen LogP contribution in [0, 0.1) is 11.8 Å². The Hall–Kier alpha value is -3.37. The van der Waals surface area contributed by atoms with Gasteiger partial charge in [-0.15, -0.1) is 0 Å². The molecule has 1 fully saturated rings. The zero-order valence-electron chi connectivity index (χ0n) is 19.9. The summed E-state index contributed by atoms with van der Waals surface area (Å²) in [7, 11) is 3.15. The van der Waals surface area contributed by atoms with Crippen molar-refractivity contribution in [3.63, 3.8) is 0 Å². The number of likely N-dealkylation sites (N-methyl/N-ethyl adjacent to an activating group) is 1. The number of rotatable bonds is 7. The monoisotopic (exact) mass is 500 g/mol. The first-order valence-electron chi connectivity index (χ1n) is 11.4. The van der Waals surface area contributed by atoms with Crippen molar-refractivity contribution in [1.82, 2.24) is 19.9 Å². The molecule has 1 saturated heterocycles. The number of hydrogen-bond donors (Lipinski definition) is 3. The molecule has 10 nitrogen and oxygen atoms in total. The number of aromatic nitrogens is 3. The number of pyridine rings is 1. The summed E-state index contributed by atoms with van der Waals surface area (Å²) >= 11 is 6.39. The van der Waals surface area contributed by atoms with Crippen LogP contribution in [0.15, 0.2) is 35.3 Å². The smallest absolute Gasteiger partial charge is 0.293 e. The zero-order chi connectivity index (χ0) is 25.1. The first kappa shape index (κ1) is 24.7. The van der Waals surface area contributed by atoms with Crippen LogP contribution in [0.3, 0.4) is 0 Å². The summed E-state index contributed by atoms with van der Waals surface area (Å²) < 4.78 is 6.91. The second kappa shape index (κ2) is 10.5. The number of benzene rings is 1. The summed E-state index contributed by atoms with van der Waals surface area (Å²) in [5, 5.41) is 16.4. The number of piperidine rings is 1. The number of carbonyl (C=O) groups excluding carboxylic acids is 1. The highest BCUT2D eigenvalue weighted by Gasteiger charge is 2.26. The number of aliphatic hydroxyl groups is 1. The summed E-state index contributed by atoms with van der Waals surface area (Å²) in [5.74, 6) is 1.36. The molecule has 2 aromatic heterocycles. The molecule has 0 saturated carbocycles. The average Bonchev–Trinajstić information content (AvgIpc) is 2.85. The van der Waals surface area contributed by atoms with Gasteiger partial charge in [-0.2, -0.15) is 4.98 Å². The van der Waals surface area contributed by atoms with Gasteiger partial charge in [0.15, 0.2) is 18.2 Å². The Morgan fingerprint density at radius 3 is 2.86 bits per heavy atom. The van der Waals surface area contributed by atoms with E-state index in [1.807, 2.05) is 18.2 Å². The lowest BCUT2D eigenvalue weighted by atomic mass is 9.91. The molecule has 0 bridgehead atoms. The van der Waals surface area contributed by atoms with Crippen molar-refractivity contribution in [3.05, 3.63) is 45.8 Å². The van der Waals surface area contributed by atoms with Crippen LogP contribution in [-0.4, -0.2) is 58.9 Å². The van der Waals surface area contributed by atoms with Gasteiger partial charge in [0.25, 0.3) is 11.5 Å². The predicted molar refractivity (Wildman–Crippen MR) is 136 cm³/mol. The minimum Gasteiger partial charge on any atom is -0.478 e. The van der Waals surface area contributed by atoms with Crippen molar-refractivity contribution in [3.8, 4) is 5.75 Å². The van der Waals surface area contributed by atoms with E-state index < -0.39 is 0 Å². The van der Waals surface area contributed by atoms with Gasteiger partial charge in [0, 0.05) is 44.9 Å². The fraction of sp³-hybridized carbons (Fsp3) is 0.417. The van der Waals surface area contributed by atoms with Crippen LogP contribution in [0.1, 0.15) is 13.3 Å². The fourth-order valence-corrected chi connectivity index (χ4v) is 4.50. The van der Waals surface area contributed by atoms with E-state index in [0.717, 1.165) is 18.4 Å². The molecule has 0 unspecified atom stereocenters. The van der Waals surface area contributed by atoms with Crippen LogP contribution >= 0.6 is 11.6 Å². The molecule has 3 aromatic rings. The fourth-order valence-electron chi connectivity index (χ4n) is 4.36. The maximum Gasteiger partial charge on any atom is 0.293 e. The molecule has 1 aliphatic heterocycles. The van der Waals surface area contributed by atoms with Crippen molar-refractivity contribution >= 4 is 45.9 Å². The van der Waals surface area contributed by atoms with Crippen molar-refractivity contribution in [2.45, 2.75) is 13.3 Å². The number of anilines is 3. The number of carbonyl (C=O) groups is 1. The molecule has 1 amide bonds. The lowest BCUT2D eigenvalue weighted by molar-refractivity contribution is -0.122. The number of aliphatic hydroxyl groups excluding tert-OH is 1. The Labute approximate surface area is 207 Å². The van der Waals surface area contributed by atoms with Crippen LogP contribution in [0.4, 0.5) is 17.5 Å². The van der Waals surface area contributed by atoms with E-state index in [-0.39, 0.29) is 36.3 Å². The Bertz CT molecular complexity index is 1300. The van der Waals surface area contributed by atoms with Crippen molar-refractivity contribution in [1.29, 1.82) is 0 Å². The molecule has 1 aromatic carbocycles. The third-order valence-electron chi connectivity index (χ3n) is 6.11. The maximum atomic E-state index is 12.6. The average molecular weight is 501 g/mol. The van der Waals surface area contributed by atoms with Crippen LogP contribution in [0.25, 0.3) is 10.9 Å². The summed E-state index contributed by atoms with van der Waals surface area (Å²) in [4.78, 5) is 35.3. The van der Waals surface area contributed by atoms with Gasteiger partial charge in [0.1, 0.15) is 5.02 Å². The van der Waals surface area contributed by atoms with E-state index in [2.05, 4.69) is 32.4 Å². The third kappa shape index (κ3) is 5.49. The molecular weight excluding hydrogens is 472 g/mol. The van der Waals surface area contributed by atoms with Crippen molar-refractivity contribution < 1.29 is 14.6 Å². The molecule has 4 rings (SSSR count). The van der Waals surface area contributed by atoms with E-state index in [9.17, 15) is 14.7 Å². The number of nitrogens with one attached hydrogen (secondary N) is 2. The van der Waals surface area contributed by atoms with E-state index in [4.69, 9.17) is 16.3 Å². The first-order valence-corrected chi connectivity index (χ1v) is 11.8. The molecular formula is C24H29ClN6O4. The third-order valence-corrected chi connectivity index (χ3v) is 6.39. The predicted octanol–water partition coefficient (Wildman–Crippen LogP) is 2.30. The number of fused-ring (bicyclic) bond motifs is 1. The van der Waals surface area contributed by atoms with Gasteiger partial charge in [-0.05, 0) is 42.5 Å². The quantitative estimate of drug-likeness (QED) is 0.452. The van der Waals surface area contributed by atoms with Gasteiger partial charge >= 0.3 is 0 Å². The Balaban J connectivity index is 1.61. The number of amides is 1. The van der Waals surface area contributed by atoms with Gasteiger partial charge in [0.05, 0.1) is 11.7 Å². The van der Waals surface area contributed by atoms with Gasteiger partial charge in [-0.3, -0.25) is 9.59 Å². The van der Waals surface area contributed by atoms with Gasteiger partial charge in [-0.25, -0.2) is 4.98 Å². The summed E-state index contributed by atoms with van der Waals surface area (Å²) in [6.07, 6.45) is 2.54. The number of halogens is 1. The largest absolute Gasteiger partial charge is 0.478 e. The minimum absolute atomic E-state index is 0.0840. The van der Waals surface area contributed by atoms with Gasteiger partial charge in [0.2, 0.25) is 5.95 Å². The van der Waals surface area contributed by atoms with Crippen molar-refractivity contribution in [2.24, 2.45) is 18.9 Å². The maximum absolute atomic E-state index is 12.6. The second-order valence-electron chi connectivity index (χ2n) is 8.89. The lowest BCUT2D eigenvalue weighted by Crippen LogP contribution is -2.41. The van der Waals surface area contributed by atoms with E-state index in [1.54, 1.807) is 19.3 Å². The lowest BCUT2D eigenvalue weighted by Gasteiger charge is -2.35. The summed E-state index contributed by atoms with van der Waals surface area (Å²) in [6, 6.07) is 7.11. The highest BCUT2D eigenvalue weighted by Crippen LogP contribution is 2.30. The molecule has 11 heteroatoms. The number of hydrogen-bond acceptors (Lipinski definition) is 8. The normalized spacial score (nSPS) is 17.9. The molecule has 35 heavy (non-hydrogen) atoms. The van der Waals surface area contributed by atoms with E-state index in [0.29, 0.717) is 40.5 Å². The number of nitrogens with zero attached hydrogens (tertiary/aromatic N) is 4. The summed E-state index contributed by atoms with van der Waals surface area (Å²) in [5.41, 5.74) is 1.09. The number of aryl methyl sites for hydroxylation is 1. The summed E-state index contributed by atoms with van der Waals surface area (Å²) in [6.45, 7) is 3.53. The first-order chi connectivity index (χ1) is 16.8. The molecule has 2 atom stereocenters. The Morgan fingerprint density at radius 1 is 1.31 bits per heavy atom. The highest BCUT2D eigenvalue weighted by atomic mass is 35.5. The molecule has 186 valence electrons. The van der Waals surface area contributed by atoms with E-state index >= 15 is 0 Å². The number of ether oxygens (including phenoxy) is 1. The van der Waals surface area contributed by atoms with Crippen molar-refractivity contribution in [2.75, 3.05) is 43.6 Å². The molecule has 0 aliphatic carbocycles. The topological polar surface area (TPSA) is 122 Å². The van der Waals surface area contributed by atoms with Crippen LogP contribution in [0.2, 0.25) is 5.02 Å². The van der Waals surface area contributed by atoms with Crippen LogP contribution in [0.5, 0.6) is 5.75 Å². The molecule has 3 N–H and O–H groups in total. The molecule has 1 aliphatic rings. The Morgan fingerprint density at radius 2 is 2.11 bits per heavy atom. The SMILES string of the molecule is CNC(=O)COc1cc2cc(Nc3nc(N4C[C@H](C)C[C@@H](CO)C4)ncc3Cl)ccc2n(C)c1=O. The standard InChI is InChI=1S/C24H29ClN6O4/c1-14-6-15(12-32)11-31(10-14)24-27-9-18(25)22(29-24)28-17-4-5-19-16(7-17)8-20(23(34)30(19)3)35-13-21(33)26-2/h4-5,7-9,14-15,32H,6,10-13H2,1-3H3,(H,26,33)(H,27,28,29)/t14-,15-/m1/s1. The Kier molecular flexibility index (Phi) is 7.42. The van der Waals surface area contributed by atoms with E-state index in [1.165, 1.54) is 11.6 Å². The van der Waals surface area contributed by atoms with Crippen LogP contribution in [-0.2, 0) is 11.8 Å². The minimum atomic E-state index is -0.331. The van der Waals surface area contributed by atoms with Crippen LogP contribution < -0.4 is 25.8 Å². The molecule has 3 heterocycles. The van der Waals surface area contributed by atoms with Gasteiger partial charge in [-0.1, -0.05) is 18.5 Å². The van der Waals surface area contributed by atoms with Gasteiger partial charge < -0.3 is 29.9 Å².